The van der Waals surface area contributed by atoms with E-state index in [-0.39, 0.29) is 10.6 Å². The molecule has 0 unspecified atom stereocenters. The Kier molecular flexibility index (Phi) is 6.24. The van der Waals surface area contributed by atoms with Crippen molar-refractivity contribution in [1.82, 2.24) is 0 Å². The Labute approximate surface area is 142 Å². The van der Waals surface area contributed by atoms with E-state index in [1.54, 1.807) is 0 Å². The molecule has 0 aliphatic rings. The van der Waals surface area contributed by atoms with Gasteiger partial charge >= 0.3 is 0 Å². The Morgan fingerprint density at radius 3 is 2.64 bits per heavy atom. The van der Waals surface area contributed by atoms with Gasteiger partial charge in [-0.05, 0) is 17.7 Å². The van der Waals surface area contributed by atoms with Crippen molar-refractivity contribution in [3.8, 4) is 0 Å². The highest BCUT2D eigenvalue weighted by atomic mass is 35.5. The van der Waals surface area contributed by atoms with Gasteiger partial charge in [-0.3, -0.25) is 0 Å². The third-order valence-electron chi connectivity index (χ3n) is 2.65. The molecule has 2 aromatic rings. The van der Waals surface area contributed by atoms with Crippen LogP contribution in [0.4, 0.5) is 4.39 Å². The zero-order valence-electron chi connectivity index (χ0n) is 11.3. The van der Waals surface area contributed by atoms with Gasteiger partial charge in [-0.25, -0.2) is 4.39 Å². The molecule has 0 aliphatic carbocycles. The van der Waals surface area contributed by atoms with Gasteiger partial charge in [0.05, 0.1) is 16.3 Å². The fourth-order valence-corrected chi connectivity index (χ4v) is 2.65. The summed E-state index contributed by atoms with van der Waals surface area (Å²) in [5.74, 6) is 0.121. The minimum absolute atomic E-state index is 0.0954. The second kappa shape index (κ2) is 8.17. The quantitative estimate of drug-likeness (QED) is 0.373. The molecule has 0 saturated heterocycles. The average Bonchev–Trinajstić information content (AvgIpc) is 2.53. The van der Waals surface area contributed by atoms with E-state index in [1.807, 2.05) is 30.3 Å². The largest absolute Gasteiger partial charge is 0.377 e. The van der Waals surface area contributed by atoms with Crippen LogP contribution in [0.3, 0.4) is 0 Å². The Bertz CT molecular complexity index is 705. The molecule has 2 rings (SSSR count). The van der Waals surface area contributed by atoms with Crippen molar-refractivity contribution in [3.05, 3.63) is 69.5 Å². The number of nitrogens with zero attached hydrogens (tertiary/aromatic N) is 2. The third kappa shape index (κ3) is 4.73. The molecule has 0 aliphatic heterocycles. The minimum Gasteiger partial charge on any atom is -0.377 e. The van der Waals surface area contributed by atoms with Crippen LogP contribution in [0, 0.1) is 5.82 Å². The number of halogens is 3. The minimum atomic E-state index is -0.567. The molecule has 22 heavy (non-hydrogen) atoms. The van der Waals surface area contributed by atoms with Gasteiger partial charge < -0.3 is 5.73 Å². The Hall–Kier alpha value is -1.56. The fraction of sp³-hybridized carbons (Fsp3) is 0.0667. The lowest BCUT2D eigenvalue weighted by molar-refractivity contribution is 0.628. The van der Waals surface area contributed by atoms with E-state index in [4.69, 9.17) is 28.9 Å². The lowest BCUT2D eigenvalue weighted by Gasteiger charge is -2.01. The second-order valence-corrected chi connectivity index (χ2v) is 5.99. The van der Waals surface area contributed by atoms with Crippen molar-refractivity contribution in [2.45, 2.75) is 5.75 Å². The first-order valence-electron chi connectivity index (χ1n) is 6.24. The summed E-state index contributed by atoms with van der Waals surface area (Å²) in [6.07, 6.45) is 1.28. The van der Waals surface area contributed by atoms with Gasteiger partial charge in [0.25, 0.3) is 0 Å². The number of thioether (sulfide) groups is 1. The predicted molar refractivity (Wildman–Crippen MR) is 93.4 cm³/mol. The van der Waals surface area contributed by atoms with Crippen molar-refractivity contribution in [3.63, 3.8) is 0 Å². The highest BCUT2D eigenvalue weighted by Crippen LogP contribution is 2.25. The zero-order chi connectivity index (χ0) is 15.9. The number of nitrogens with two attached hydrogens (primary N) is 1. The maximum Gasteiger partial charge on any atom is 0.180 e. The molecule has 0 spiro atoms. The fourth-order valence-electron chi connectivity index (χ4n) is 1.56. The molecule has 0 fully saturated rings. The lowest BCUT2D eigenvalue weighted by atomic mass is 10.2. The van der Waals surface area contributed by atoms with Crippen LogP contribution < -0.4 is 5.73 Å². The van der Waals surface area contributed by atoms with Gasteiger partial charge in [-0.2, -0.15) is 5.10 Å². The maximum atomic E-state index is 13.3. The monoisotopic (exact) mass is 355 g/mol. The van der Waals surface area contributed by atoms with Gasteiger partial charge in [0.2, 0.25) is 0 Å². The standard InChI is InChI=1S/C15H12Cl2FN3S/c16-12-6-7-13(18)14(17)11(12)8-20-21-15(19)22-9-10-4-2-1-3-5-10/h1-8H,9H2,(H2,19,21). The number of benzene rings is 2. The Morgan fingerprint density at radius 2 is 1.91 bits per heavy atom. The summed E-state index contributed by atoms with van der Waals surface area (Å²) in [6.45, 7) is 0. The molecule has 0 saturated carbocycles. The topological polar surface area (TPSA) is 50.7 Å². The average molecular weight is 356 g/mol. The summed E-state index contributed by atoms with van der Waals surface area (Å²) in [7, 11) is 0. The molecule has 0 atom stereocenters. The first-order chi connectivity index (χ1) is 10.6. The molecule has 0 bridgehead atoms. The summed E-state index contributed by atoms with van der Waals surface area (Å²) < 4.78 is 13.3. The van der Waals surface area contributed by atoms with Crippen LogP contribution >= 0.6 is 35.0 Å². The number of hydrogen-bond donors (Lipinski definition) is 1. The van der Waals surface area contributed by atoms with Gasteiger partial charge in [0.15, 0.2) is 5.17 Å². The van der Waals surface area contributed by atoms with E-state index in [2.05, 4.69) is 10.2 Å². The molecular formula is C15H12Cl2FN3S. The van der Waals surface area contributed by atoms with Crippen LogP contribution in [0.25, 0.3) is 0 Å². The van der Waals surface area contributed by atoms with Crippen LogP contribution in [-0.2, 0) is 5.75 Å². The lowest BCUT2D eigenvalue weighted by Crippen LogP contribution is -2.06. The van der Waals surface area contributed by atoms with E-state index in [0.29, 0.717) is 15.9 Å². The summed E-state index contributed by atoms with van der Waals surface area (Å²) in [6, 6.07) is 12.4. The van der Waals surface area contributed by atoms with Crippen molar-refractivity contribution in [2.24, 2.45) is 15.9 Å². The molecule has 0 amide bonds. The highest BCUT2D eigenvalue weighted by Gasteiger charge is 2.08. The molecule has 2 N–H and O–H groups in total. The summed E-state index contributed by atoms with van der Waals surface area (Å²) >= 11 is 13.1. The predicted octanol–water partition coefficient (Wildman–Crippen LogP) is 4.71. The van der Waals surface area contributed by atoms with Crippen LogP contribution in [0.2, 0.25) is 10.0 Å². The molecule has 7 heteroatoms. The zero-order valence-corrected chi connectivity index (χ0v) is 13.7. The number of hydrogen-bond acceptors (Lipinski definition) is 3. The molecule has 0 radical (unpaired) electrons. The van der Waals surface area contributed by atoms with E-state index < -0.39 is 5.82 Å². The van der Waals surface area contributed by atoms with Crippen LogP contribution in [0.1, 0.15) is 11.1 Å². The van der Waals surface area contributed by atoms with Crippen molar-refractivity contribution < 1.29 is 4.39 Å². The van der Waals surface area contributed by atoms with Crippen molar-refractivity contribution in [2.75, 3.05) is 0 Å². The van der Waals surface area contributed by atoms with E-state index in [0.717, 1.165) is 5.56 Å². The Morgan fingerprint density at radius 1 is 1.18 bits per heavy atom. The van der Waals surface area contributed by atoms with E-state index in [9.17, 15) is 4.39 Å². The summed E-state index contributed by atoms with van der Waals surface area (Å²) in [5, 5.41) is 8.12. The first kappa shape index (κ1) is 16.8. The van der Waals surface area contributed by atoms with Gasteiger partial charge in [-0.15, -0.1) is 5.10 Å². The SMILES string of the molecule is NC(=NN=Cc1c(Cl)ccc(F)c1Cl)SCc1ccccc1. The van der Waals surface area contributed by atoms with Crippen molar-refractivity contribution >= 4 is 46.3 Å². The summed E-state index contributed by atoms with van der Waals surface area (Å²) in [4.78, 5) is 0. The maximum absolute atomic E-state index is 13.3. The smallest absolute Gasteiger partial charge is 0.180 e. The van der Waals surface area contributed by atoms with Crippen LogP contribution in [0.5, 0.6) is 0 Å². The second-order valence-electron chi connectivity index (χ2n) is 4.21. The van der Waals surface area contributed by atoms with E-state index >= 15 is 0 Å². The molecule has 3 nitrogen and oxygen atoms in total. The number of rotatable bonds is 4. The van der Waals surface area contributed by atoms with Crippen LogP contribution in [-0.4, -0.2) is 11.4 Å². The third-order valence-corrected chi connectivity index (χ3v) is 4.22. The van der Waals surface area contributed by atoms with Crippen molar-refractivity contribution in [1.29, 1.82) is 0 Å². The highest BCUT2D eigenvalue weighted by molar-refractivity contribution is 8.13. The number of amidine groups is 1. The molecule has 0 heterocycles. The molecule has 0 aromatic heterocycles. The van der Waals surface area contributed by atoms with Crippen LogP contribution in [0.15, 0.2) is 52.7 Å². The molecular weight excluding hydrogens is 344 g/mol. The first-order valence-corrected chi connectivity index (χ1v) is 7.99. The Balaban J connectivity index is 2.00. The van der Waals surface area contributed by atoms with Gasteiger partial charge in [0.1, 0.15) is 5.82 Å². The van der Waals surface area contributed by atoms with E-state index in [1.165, 1.54) is 30.1 Å². The molecule has 2 aromatic carbocycles. The van der Waals surface area contributed by atoms with Gasteiger partial charge in [0, 0.05) is 11.3 Å². The normalized spacial score (nSPS) is 12.0. The molecule has 114 valence electrons. The summed E-state index contributed by atoms with van der Waals surface area (Å²) in [5.41, 5.74) is 7.15. The van der Waals surface area contributed by atoms with Gasteiger partial charge in [-0.1, -0.05) is 65.3 Å².